The lowest BCUT2D eigenvalue weighted by Crippen LogP contribution is -2.09. The summed E-state index contributed by atoms with van der Waals surface area (Å²) in [5, 5.41) is 12.7. The van der Waals surface area contributed by atoms with E-state index in [1.54, 1.807) is 6.07 Å². The van der Waals surface area contributed by atoms with Gasteiger partial charge in [0.25, 0.3) is 0 Å². The van der Waals surface area contributed by atoms with Crippen LogP contribution in [-0.2, 0) is 12.7 Å². The van der Waals surface area contributed by atoms with Crippen LogP contribution in [0.4, 0.5) is 13.2 Å². The van der Waals surface area contributed by atoms with Gasteiger partial charge in [-0.05, 0) is 24.3 Å². The van der Waals surface area contributed by atoms with E-state index in [0.717, 1.165) is 12.1 Å². The lowest BCUT2D eigenvalue weighted by Gasteiger charge is -2.10. The van der Waals surface area contributed by atoms with E-state index >= 15 is 0 Å². The Morgan fingerprint density at radius 1 is 1.32 bits per heavy atom. The van der Waals surface area contributed by atoms with Crippen molar-refractivity contribution in [1.82, 2.24) is 9.78 Å². The van der Waals surface area contributed by atoms with Crippen molar-refractivity contribution in [3.63, 3.8) is 0 Å². The summed E-state index contributed by atoms with van der Waals surface area (Å²) >= 11 is 0. The summed E-state index contributed by atoms with van der Waals surface area (Å²) in [6.07, 6.45) is -3.06. The van der Waals surface area contributed by atoms with Gasteiger partial charge in [-0.3, -0.25) is 0 Å². The number of hydrogen-bond donors (Lipinski definition) is 1. The molecule has 98 valence electrons. The zero-order valence-electron chi connectivity index (χ0n) is 9.65. The number of hydrogen-bond acceptors (Lipinski definition) is 3. The van der Waals surface area contributed by atoms with Crippen molar-refractivity contribution in [3.05, 3.63) is 47.3 Å². The van der Waals surface area contributed by atoms with Crippen LogP contribution in [0.25, 0.3) is 5.69 Å². The Morgan fingerprint density at radius 2 is 2.05 bits per heavy atom. The van der Waals surface area contributed by atoms with E-state index in [1.165, 1.54) is 23.0 Å². The maximum Gasteiger partial charge on any atom is 0.417 e. The monoisotopic (exact) mass is 266 g/mol. The minimum absolute atomic E-state index is 0.204. The number of benzene rings is 1. The Morgan fingerprint density at radius 3 is 2.58 bits per heavy atom. The number of nitriles is 1. The molecule has 1 aromatic heterocycles. The van der Waals surface area contributed by atoms with Crippen LogP contribution in [-0.4, -0.2) is 9.78 Å². The van der Waals surface area contributed by atoms with Gasteiger partial charge in [-0.25, -0.2) is 4.68 Å². The molecule has 1 heterocycles. The second kappa shape index (κ2) is 4.74. The molecular weight excluding hydrogens is 257 g/mol. The first-order valence-corrected chi connectivity index (χ1v) is 5.32. The van der Waals surface area contributed by atoms with E-state index < -0.39 is 17.3 Å². The first-order valence-electron chi connectivity index (χ1n) is 5.32. The topological polar surface area (TPSA) is 67.6 Å². The van der Waals surface area contributed by atoms with Gasteiger partial charge < -0.3 is 5.73 Å². The average Bonchev–Trinajstić information content (AvgIpc) is 2.85. The van der Waals surface area contributed by atoms with Crippen molar-refractivity contribution in [1.29, 1.82) is 5.26 Å². The van der Waals surface area contributed by atoms with Crippen LogP contribution in [0.1, 0.15) is 16.8 Å². The Balaban J connectivity index is 2.52. The second-order valence-electron chi connectivity index (χ2n) is 3.80. The van der Waals surface area contributed by atoms with Crippen LogP contribution >= 0.6 is 0 Å². The molecule has 0 aliphatic rings. The molecule has 0 radical (unpaired) electrons. The van der Waals surface area contributed by atoms with E-state index in [4.69, 9.17) is 11.0 Å². The van der Waals surface area contributed by atoms with Crippen molar-refractivity contribution < 1.29 is 13.2 Å². The summed E-state index contributed by atoms with van der Waals surface area (Å²) in [6, 6.07) is 6.57. The zero-order chi connectivity index (χ0) is 14.0. The van der Waals surface area contributed by atoms with Gasteiger partial charge in [0.1, 0.15) is 0 Å². The van der Waals surface area contributed by atoms with Gasteiger partial charge in [0.05, 0.1) is 28.6 Å². The van der Waals surface area contributed by atoms with E-state index in [-0.39, 0.29) is 12.2 Å². The molecule has 0 saturated carbocycles. The third kappa shape index (κ3) is 2.58. The molecule has 0 bridgehead atoms. The first kappa shape index (κ1) is 13.1. The fourth-order valence-electron chi connectivity index (χ4n) is 1.62. The van der Waals surface area contributed by atoms with Gasteiger partial charge >= 0.3 is 6.18 Å². The maximum absolute atomic E-state index is 12.8. The smallest absolute Gasteiger partial charge is 0.325 e. The fraction of sp³-hybridized carbons (Fsp3) is 0.167. The minimum Gasteiger partial charge on any atom is -0.325 e. The number of nitrogens with two attached hydrogens (primary N) is 1. The van der Waals surface area contributed by atoms with Crippen LogP contribution in [0.3, 0.4) is 0 Å². The average molecular weight is 266 g/mol. The molecule has 0 aliphatic heterocycles. The van der Waals surface area contributed by atoms with E-state index in [9.17, 15) is 13.2 Å². The van der Waals surface area contributed by atoms with Crippen molar-refractivity contribution in [2.45, 2.75) is 12.7 Å². The molecule has 2 aromatic rings. The van der Waals surface area contributed by atoms with E-state index in [0.29, 0.717) is 5.69 Å². The van der Waals surface area contributed by atoms with Crippen molar-refractivity contribution in [2.75, 3.05) is 0 Å². The second-order valence-corrected chi connectivity index (χ2v) is 3.80. The summed E-state index contributed by atoms with van der Waals surface area (Å²) in [4.78, 5) is 0. The maximum atomic E-state index is 12.8. The lowest BCUT2D eigenvalue weighted by atomic mass is 10.1. The standard InChI is InChI=1S/C12H9F3N4/c13-12(14,15)11-5-10(2-1-8(11)6-16)19-4-3-9(7-17)18-19/h1-5H,7,17H2. The Hall–Kier alpha value is -2.33. The molecule has 0 fully saturated rings. The van der Waals surface area contributed by atoms with E-state index in [2.05, 4.69) is 5.10 Å². The number of aromatic nitrogens is 2. The summed E-state index contributed by atoms with van der Waals surface area (Å²) in [5.74, 6) is 0. The SMILES string of the molecule is N#Cc1ccc(-n2ccc(CN)n2)cc1C(F)(F)F. The Bertz CT molecular complexity index is 637. The molecule has 0 spiro atoms. The van der Waals surface area contributed by atoms with Gasteiger partial charge in [0.15, 0.2) is 0 Å². The number of rotatable bonds is 2. The van der Waals surface area contributed by atoms with Gasteiger partial charge in [-0.1, -0.05) is 0 Å². The highest BCUT2D eigenvalue weighted by Gasteiger charge is 2.34. The summed E-state index contributed by atoms with van der Waals surface area (Å²) < 4.78 is 39.7. The van der Waals surface area contributed by atoms with Gasteiger partial charge in [-0.15, -0.1) is 0 Å². The van der Waals surface area contributed by atoms with Gasteiger partial charge in [0.2, 0.25) is 0 Å². The molecule has 0 unspecified atom stereocenters. The predicted molar refractivity (Wildman–Crippen MR) is 61.2 cm³/mol. The highest BCUT2D eigenvalue weighted by Crippen LogP contribution is 2.33. The molecule has 1 aromatic carbocycles. The lowest BCUT2D eigenvalue weighted by molar-refractivity contribution is -0.137. The van der Waals surface area contributed by atoms with Crippen LogP contribution in [0.15, 0.2) is 30.5 Å². The molecule has 0 aliphatic carbocycles. The van der Waals surface area contributed by atoms with Crippen LogP contribution < -0.4 is 5.73 Å². The fourth-order valence-corrected chi connectivity index (χ4v) is 1.62. The largest absolute Gasteiger partial charge is 0.417 e. The summed E-state index contributed by atoms with van der Waals surface area (Å²) in [5.41, 5.74) is 4.79. The summed E-state index contributed by atoms with van der Waals surface area (Å²) in [6.45, 7) is 0.204. The Kier molecular flexibility index (Phi) is 3.27. The quantitative estimate of drug-likeness (QED) is 0.906. The third-order valence-electron chi connectivity index (χ3n) is 2.55. The Labute approximate surface area is 106 Å². The van der Waals surface area contributed by atoms with Gasteiger partial charge in [-0.2, -0.15) is 23.5 Å². The van der Waals surface area contributed by atoms with Crippen LogP contribution in [0.5, 0.6) is 0 Å². The third-order valence-corrected chi connectivity index (χ3v) is 2.55. The van der Waals surface area contributed by atoms with Crippen molar-refractivity contribution in [2.24, 2.45) is 5.73 Å². The van der Waals surface area contributed by atoms with Gasteiger partial charge in [0, 0.05) is 12.7 Å². The molecule has 0 saturated heterocycles. The molecular formula is C12H9F3N4. The number of alkyl halides is 3. The molecule has 19 heavy (non-hydrogen) atoms. The number of nitrogens with zero attached hydrogens (tertiary/aromatic N) is 3. The highest BCUT2D eigenvalue weighted by atomic mass is 19.4. The molecule has 7 heteroatoms. The molecule has 2 N–H and O–H groups in total. The number of halogens is 3. The molecule has 0 atom stereocenters. The molecule has 4 nitrogen and oxygen atoms in total. The van der Waals surface area contributed by atoms with Crippen LogP contribution in [0, 0.1) is 11.3 Å². The molecule has 2 rings (SSSR count). The first-order chi connectivity index (χ1) is 8.95. The van der Waals surface area contributed by atoms with Crippen LogP contribution in [0.2, 0.25) is 0 Å². The molecule has 0 amide bonds. The summed E-state index contributed by atoms with van der Waals surface area (Å²) in [7, 11) is 0. The van der Waals surface area contributed by atoms with E-state index in [1.807, 2.05) is 0 Å². The van der Waals surface area contributed by atoms with Crippen molar-refractivity contribution in [3.8, 4) is 11.8 Å². The highest BCUT2D eigenvalue weighted by molar-refractivity contribution is 5.47. The van der Waals surface area contributed by atoms with Crippen molar-refractivity contribution >= 4 is 0 Å². The minimum atomic E-state index is -4.58. The normalized spacial score (nSPS) is 11.3. The predicted octanol–water partition coefficient (Wildman–Crippen LogP) is 2.22. The zero-order valence-corrected chi connectivity index (χ0v) is 9.65.